The number of hydrogen-bond acceptors (Lipinski definition) is 12. The number of primary amides is 1. The van der Waals surface area contributed by atoms with Crippen LogP contribution in [0.2, 0.25) is 0 Å². The van der Waals surface area contributed by atoms with Gasteiger partial charge in [0.1, 0.15) is 11.9 Å². The average Bonchev–Trinajstić information content (AvgIpc) is 3.77. The highest BCUT2D eigenvalue weighted by atomic mass is 16.3. The molecule has 2 unspecified atom stereocenters. The molecule has 0 spiro atoms. The Kier molecular flexibility index (Phi) is 11.9. The van der Waals surface area contributed by atoms with Crippen LogP contribution in [-0.2, 0) is 32.8 Å². The van der Waals surface area contributed by atoms with E-state index < -0.39 is 24.2 Å². The van der Waals surface area contributed by atoms with Crippen molar-refractivity contribution in [2.75, 3.05) is 56.5 Å². The van der Waals surface area contributed by atoms with Crippen molar-refractivity contribution in [3.8, 4) is 0 Å². The summed E-state index contributed by atoms with van der Waals surface area (Å²) in [4.78, 5) is 82.1. The van der Waals surface area contributed by atoms with Crippen LogP contribution in [0.25, 0.3) is 0 Å². The average molecular weight is 821 g/mol. The van der Waals surface area contributed by atoms with Gasteiger partial charge in [-0.05, 0) is 98.7 Å². The number of aromatic nitrogens is 2. The molecule has 3 aromatic rings. The standard InChI is InChI=1S/C44H56N10O6/c1-44(18-21-51(22-19-44)37(56)11-4-3-7-28-8-5-10-32-33(28)27-54(42(32)59)34-16-17-36(55)49-41(34)58)29-12-14-30(15-13-29)47-40-38(39(45)57)46-25-35(48-40)52-20-6-9-31(26-52)53-24-23-50(2)43(53)60/h5,8,10,12-15,25,31,34,43,60H,3-4,6-7,9,11,16-24,26-27H2,1-2H3,(H2,45,57)(H,47,48)(H,49,55,58)/t31-,34?,43?/m1/s1. The summed E-state index contributed by atoms with van der Waals surface area (Å²) in [6.45, 7) is 7.07. The zero-order valence-corrected chi connectivity index (χ0v) is 34.6. The zero-order valence-electron chi connectivity index (χ0n) is 34.6. The SMILES string of the molecule is CN1CCN([C@@H]2CCCN(c3cnc(C(N)=O)c(Nc4ccc(C5(C)CCN(C(=O)CCCCc6cccc7c6CN(C6CCC(=O)NC6=O)C7=O)CC5)cc4)n3)C2)C1O. The molecule has 16 nitrogen and oxygen atoms in total. The summed E-state index contributed by atoms with van der Waals surface area (Å²) in [5.41, 5.74) is 10.2. The Bertz CT molecular complexity index is 2140. The van der Waals surface area contributed by atoms with E-state index in [-0.39, 0.29) is 41.3 Å². The minimum atomic E-state index is -0.668. The van der Waals surface area contributed by atoms with Crippen molar-refractivity contribution >= 4 is 46.9 Å². The molecule has 0 bridgehead atoms. The quantitative estimate of drug-likeness (QED) is 0.154. The van der Waals surface area contributed by atoms with Crippen molar-refractivity contribution in [1.82, 2.24) is 34.9 Å². The maximum Gasteiger partial charge on any atom is 0.271 e. The van der Waals surface area contributed by atoms with Gasteiger partial charge < -0.3 is 30.9 Å². The summed E-state index contributed by atoms with van der Waals surface area (Å²) in [5, 5.41) is 16.3. The van der Waals surface area contributed by atoms with Gasteiger partial charge in [0.25, 0.3) is 11.8 Å². The summed E-state index contributed by atoms with van der Waals surface area (Å²) < 4.78 is 0. The molecule has 3 atom stereocenters. The molecule has 2 aromatic carbocycles. The summed E-state index contributed by atoms with van der Waals surface area (Å²) in [6, 6.07) is 13.4. The smallest absolute Gasteiger partial charge is 0.271 e. The predicted molar refractivity (Wildman–Crippen MR) is 224 cm³/mol. The van der Waals surface area contributed by atoms with Gasteiger partial charge in [-0.25, -0.2) is 9.97 Å². The minimum Gasteiger partial charge on any atom is -0.365 e. The van der Waals surface area contributed by atoms with E-state index in [9.17, 15) is 29.1 Å². The molecule has 5 aliphatic rings. The van der Waals surface area contributed by atoms with E-state index >= 15 is 0 Å². The lowest BCUT2D eigenvalue weighted by Gasteiger charge is -2.40. The molecule has 16 heteroatoms. The Morgan fingerprint density at radius 2 is 1.78 bits per heavy atom. The van der Waals surface area contributed by atoms with Gasteiger partial charge in [0.15, 0.2) is 17.9 Å². The van der Waals surface area contributed by atoms with Gasteiger partial charge in [0.2, 0.25) is 17.7 Å². The Morgan fingerprint density at radius 3 is 2.50 bits per heavy atom. The van der Waals surface area contributed by atoms with E-state index in [0.29, 0.717) is 56.2 Å². The molecule has 5 amide bonds. The van der Waals surface area contributed by atoms with Crippen LogP contribution in [-0.4, -0.2) is 129 Å². The van der Waals surface area contributed by atoms with Crippen LogP contribution in [0.1, 0.15) is 102 Å². The van der Waals surface area contributed by atoms with E-state index in [4.69, 9.17) is 10.7 Å². The number of likely N-dealkylation sites (tertiary alicyclic amines) is 1. The summed E-state index contributed by atoms with van der Waals surface area (Å²) in [7, 11) is 1.92. The third-order valence-electron chi connectivity index (χ3n) is 13.4. The number of aliphatic hydroxyl groups excluding tert-OH is 1. The van der Waals surface area contributed by atoms with Crippen molar-refractivity contribution in [3.63, 3.8) is 0 Å². The Hall–Kier alpha value is -5.45. The molecule has 60 heavy (non-hydrogen) atoms. The maximum atomic E-state index is 13.3. The number of piperidine rings is 3. The van der Waals surface area contributed by atoms with Crippen LogP contribution in [0.3, 0.4) is 0 Å². The first-order valence-corrected chi connectivity index (χ1v) is 21.3. The van der Waals surface area contributed by atoms with Crippen molar-refractivity contribution < 1.29 is 29.1 Å². The first-order chi connectivity index (χ1) is 28.9. The monoisotopic (exact) mass is 820 g/mol. The molecule has 1 aromatic heterocycles. The number of nitrogens with one attached hydrogen (secondary N) is 2. The zero-order chi connectivity index (χ0) is 42.1. The Morgan fingerprint density at radius 1 is 1.00 bits per heavy atom. The number of unbranched alkanes of at least 4 members (excludes halogenated alkanes) is 1. The highest BCUT2D eigenvalue weighted by Crippen LogP contribution is 2.37. The number of aryl methyl sites for hydroxylation is 1. The summed E-state index contributed by atoms with van der Waals surface area (Å²) >= 11 is 0. The fourth-order valence-corrected chi connectivity index (χ4v) is 9.63. The van der Waals surface area contributed by atoms with Crippen LogP contribution >= 0.6 is 0 Å². The summed E-state index contributed by atoms with van der Waals surface area (Å²) in [5.74, 6) is -0.454. The van der Waals surface area contributed by atoms with Gasteiger partial charge in [-0.3, -0.25) is 39.1 Å². The molecular formula is C44H56N10O6. The van der Waals surface area contributed by atoms with Crippen molar-refractivity contribution in [3.05, 3.63) is 76.6 Å². The number of carbonyl (C=O) groups excluding carboxylic acids is 5. The van der Waals surface area contributed by atoms with Gasteiger partial charge in [-0.1, -0.05) is 31.2 Å². The lowest BCUT2D eigenvalue weighted by molar-refractivity contribution is -0.137. The normalized spacial score (nSPS) is 23.5. The number of fused-ring (bicyclic) bond motifs is 1. The third-order valence-corrected chi connectivity index (χ3v) is 13.4. The lowest BCUT2D eigenvalue weighted by atomic mass is 9.74. The Labute approximate surface area is 350 Å². The van der Waals surface area contributed by atoms with Crippen molar-refractivity contribution in [2.45, 2.75) is 102 Å². The molecule has 8 rings (SSSR count). The lowest BCUT2D eigenvalue weighted by Crippen LogP contribution is -2.52. The number of nitrogens with two attached hydrogens (primary N) is 1. The van der Waals surface area contributed by atoms with Crippen molar-refractivity contribution in [2.24, 2.45) is 5.73 Å². The number of amides is 5. The molecule has 0 radical (unpaired) electrons. The molecular weight excluding hydrogens is 765 g/mol. The highest BCUT2D eigenvalue weighted by Gasteiger charge is 2.40. The second kappa shape index (κ2) is 17.3. The molecule has 6 heterocycles. The van der Waals surface area contributed by atoms with E-state index in [2.05, 4.69) is 44.5 Å². The van der Waals surface area contributed by atoms with Crippen LogP contribution in [0.15, 0.2) is 48.7 Å². The topological polar surface area (TPSA) is 198 Å². The number of nitrogens with zero attached hydrogens (tertiary/aromatic N) is 7. The van der Waals surface area contributed by atoms with Crippen LogP contribution in [0.5, 0.6) is 0 Å². The molecule has 5 N–H and O–H groups in total. The summed E-state index contributed by atoms with van der Waals surface area (Å²) in [6.07, 6.45) is 7.89. The number of hydrogen-bond donors (Lipinski definition) is 4. The fourth-order valence-electron chi connectivity index (χ4n) is 9.63. The van der Waals surface area contributed by atoms with Gasteiger partial charge in [-0.2, -0.15) is 0 Å². The first kappa shape index (κ1) is 41.3. The first-order valence-electron chi connectivity index (χ1n) is 21.3. The predicted octanol–water partition coefficient (Wildman–Crippen LogP) is 2.87. The minimum absolute atomic E-state index is 0.0652. The van der Waals surface area contributed by atoms with E-state index in [1.165, 1.54) is 5.56 Å². The highest BCUT2D eigenvalue weighted by molar-refractivity contribution is 6.05. The third kappa shape index (κ3) is 8.45. The fraction of sp³-hybridized carbons (Fsp3) is 0.523. The number of benzene rings is 2. The molecule has 4 fully saturated rings. The molecule has 0 aliphatic carbocycles. The van der Waals surface area contributed by atoms with Crippen molar-refractivity contribution in [1.29, 1.82) is 0 Å². The van der Waals surface area contributed by atoms with E-state index in [1.54, 1.807) is 17.2 Å². The second-order valence-electron chi connectivity index (χ2n) is 17.3. The van der Waals surface area contributed by atoms with Gasteiger partial charge in [0, 0.05) is 75.9 Å². The van der Waals surface area contributed by atoms with E-state index in [1.807, 2.05) is 41.1 Å². The van der Waals surface area contributed by atoms with Crippen LogP contribution < -0.4 is 21.3 Å². The van der Waals surface area contributed by atoms with Gasteiger partial charge >= 0.3 is 0 Å². The second-order valence-corrected chi connectivity index (χ2v) is 17.3. The number of rotatable bonds is 12. The maximum absolute atomic E-state index is 13.3. The Balaban J connectivity index is 0.821. The van der Waals surface area contributed by atoms with Gasteiger partial charge in [-0.15, -0.1) is 0 Å². The molecule has 5 aliphatic heterocycles. The largest absolute Gasteiger partial charge is 0.365 e. The number of anilines is 3. The van der Waals surface area contributed by atoms with E-state index in [0.717, 1.165) is 81.4 Å². The van der Waals surface area contributed by atoms with Crippen LogP contribution in [0, 0.1) is 0 Å². The molecule has 0 saturated carbocycles. The number of likely N-dealkylation sites (N-methyl/N-ethyl adjacent to an activating group) is 1. The number of aliphatic hydroxyl groups is 1. The molecule has 4 saturated heterocycles. The number of carbonyl (C=O) groups is 5. The van der Waals surface area contributed by atoms with Crippen LogP contribution in [0.4, 0.5) is 17.3 Å². The van der Waals surface area contributed by atoms with Gasteiger partial charge in [0.05, 0.1) is 6.20 Å². The number of imide groups is 1. The molecule has 318 valence electrons.